The van der Waals surface area contributed by atoms with Crippen LogP contribution < -0.4 is 14.2 Å². The molecule has 31 heavy (non-hydrogen) atoms. The first-order chi connectivity index (χ1) is 15.2. The van der Waals surface area contributed by atoms with Gasteiger partial charge in [0.05, 0.1) is 26.5 Å². The van der Waals surface area contributed by atoms with Crippen LogP contribution in [0.2, 0.25) is 0 Å². The minimum atomic E-state index is 0.00406. The SMILES string of the molecule is COc1ccc(C2=NN(CCCOc3ccccc3)C(=O)[C@H]3CCCC[C@@H]23)cc1OC. The molecule has 1 aliphatic heterocycles. The van der Waals surface area contributed by atoms with Gasteiger partial charge in [-0.2, -0.15) is 5.10 Å². The standard InChI is InChI=1S/C25H30N2O4/c1-29-22-14-13-18(17-23(22)30-2)24-20-11-6-7-12-21(20)25(28)27(26-24)15-8-16-31-19-9-4-3-5-10-19/h3-5,9-10,13-14,17,20-21H,6-8,11-12,15-16H2,1-2H3/t20-,21+/m1/s1. The third-order valence-electron chi connectivity index (χ3n) is 6.12. The molecule has 4 rings (SSSR count). The van der Waals surface area contributed by atoms with Crippen molar-refractivity contribution in [2.45, 2.75) is 32.1 Å². The van der Waals surface area contributed by atoms with Crippen molar-refractivity contribution in [3.8, 4) is 17.2 Å². The normalized spacial score (nSPS) is 20.6. The molecule has 1 fully saturated rings. The summed E-state index contributed by atoms with van der Waals surface area (Å²) in [4.78, 5) is 13.2. The van der Waals surface area contributed by atoms with E-state index in [9.17, 15) is 4.79 Å². The number of para-hydroxylation sites is 1. The van der Waals surface area contributed by atoms with E-state index in [1.807, 2.05) is 48.5 Å². The zero-order valence-electron chi connectivity index (χ0n) is 18.3. The quantitative estimate of drug-likeness (QED) is 0.587. The Morgan fingerprint density at radius 3 is 2.45 bits per heavy atom. The molecule has 164 valence electrons. The van der Waals surface area contributed by atoms with Crippen molar-refractivity contribution < 1.29 is 19.0 Å². The molecule has 0 bridgehead atoms. The van der Waals surface area contributed by atoms with Gasteiger partial charge >= 0.3 is 0 Å². The van der Waals surface area contributed by atoms with Crippen molar-refractivity contribution in [1.29, 1.82) is 0 Å². The summed E-state index contributed by atoms with van der Waals surface area (Å²) in [5, 5.41) is 6.50. The van der Waals surface area contributed by atoms with Gasteiger partial charge in [-0.15, -0.1) is 0 Å². The topological polar surface area (TPSA) is 60.4 Å². The Balaban J connectivity index is 1.53. The minimum absolute atomic E-state index is 0.00406. The Morgan fingerprint density at radius 1 is 0.968 bits per heavy atom. The van der Waals surface area contributed by atoms with Crippen molar-refractivity contribution in [3.05, 3.63) is 54.1 Å². The molecule has 2 aromatic carbocycles. The highest BCUT2D eigenvalue weighted by Crippen LogP contribution is 2.39. The van der Waals surface area contributed by atoms with Gasteiger partial charge in [-0.05, 0) is 43.2 Å². The molecule has 0 N–H and O–H groups in total. The van der Waals surface area contributed by atoms with Crippen LogP contribution in [0.5, 0.6) is 17.2 Å². The lowest BCUT2D eigenvalue weighted by Gasteiger charge is -2.38. The van der Waals surface area contributed by atoms with Gasteiger partial charge in [0.2, 0.25) is 5.91 Å². The van der Waals surface area contributed by atoms with Crippen molar-refractivity contribution in [1.82, 2.24) is 5.01 Å². The number of ether oxygens (including phenoxy) is 3. The van der Waals surface area contributed by atoms with E-state index in [1.165, 1.54) is 0 Å². The third kappa shape index (κ3) is 4.68. The van der Waals surface area contributed by atoms with E-state index >= 15 is 0 Å². The van der Waals surface area contributed by atoms with E-state index in [0.29, 0.717) is 24.7 Å². The van der Waals surface area contributed by atoms with Crippen LogP contribution >= 0.6 is 0 Å². The molecule has 0 spiro atoms. The summed E-state index contributed by atoms with van der Waals surface area (Å²) >= 11 is 0. The predicted molar refractivity (Wildman–Crippen MR) is 120 cm³/mol. The molecular formula is C25H30N2O4. The van der Waals surface area contributed by atoms with Crippen molar-refractivity contribution in [3.63, 3.8) is 0 Å². The Morgan fingerprint density at radius 2 is 1.71 bits per heavy atom. The van der Waals surface area contributed by atoms with E-state index < -0.39 is 0 Å². The number of carbonyl (C=O) groups excluding carboxylic acids is 1. The fraction of sp³-hybridized carbons (Fsp3) is 0.440. The van der Waals surface area contributed by atoms with E-state index in [2.05, 4.69) is 0 Å². The van der Waals surface area contributed by atoms with Gasteiger partial charge in [-0.25, -0.2) is 5.01 Å². The maximum absolute atomic E-state index is 13.2. The highest BCUT2D eigenvalue weighted by atomic mass is 16.5. The van der Waals surface area contributed by atoms with Gasteiger partial charge in [0, 0.05) is 30.4 Å². The molecule has 6 nitrogen and oxygen atoms in total. The molecule has 1 amide bonds. The van der Waals surface area contributed by atoms with Gasteiger partial charge in [-0.3, -0.25) is 4.79 Å². The Kier molecular flexibility index (Phi) is 6.75. The van der Waals surface area contributed by atoms with Gasteiger partial charge in [0.1, 0.15) is 5.75 Å². The third-order valence-corrected chi connectivity index (χ3v) is 6.12. The molecule has 0 aromatic heterocycles. The van der Waals surface area contributed by atoms with Gasteiger partial charge in [0.15, 0.2) is 11.5 Å². The van der Waals surface area contributed by atoms with E-state index in [1.54, 1.807) is 19.2 Å². The number of hydrogen-bond donors (Lipinski definition) is 0. The van der Waals surface area contributed by atoms with Crippen LogP contribution in [0.1, 0.15) is 37.7 Å². The second-order valence-corrected chi connectivity index (χ2v) is 8.03. The highest BCUT2D eigenvalue weighted by molar-refractivity contribution is 6.07. The van der Waals surface area contributed by atoms with Crippen LogP contribution in [0.4, 0.5) is 0 Å². The number of fused-ring (bicyclic) bond motifs is 1. The molecule has 2 aliphatic rings. The Bertz CT molecular complexity index is 928. The molecular weight excluding hydrogens is 392 g/mol. The summed E-state index contributed by atoms with van der Waals surface area (Å²) in [6.07, 6.45) is 4.87. The predicted octanol–water partition coefficient (Wildman–Crippen LogP) is 4.53. The van der Waals surface area contributed by atoms with Gasteiger partial charge < -0.3 is 14.2 Å². The fourth-order valence-corrected chi connectivity index (χ4v) is 4.55. The number of amides is 1. The number of carbonyl (C=O) groups is 1. The molecule has 0 radical (unpaired) electrons. The molecule has 2 aromatic rings. The minimum Gasteiger partial charge on any atom is -0.494 e. The number of hydrogen-bond acceptors (Lipinski definition) is 5. The zero-order valence-corrected chi connectivity index (χ0v) is 18.3. The molecule has 2 atom stereocenters. The maximum atomic E-state index is 13.2. The lowest BCUT2D eigenvalue weighted by atomic mass is 9.73. The molecule has 1 heterocycles. The second-order valence-electron chi connectivity index (χ2n) is 8.03. The first-order valence-corrected chi connectivity index (χ1v) is 11.0. The van der Waals surface area contributed by atoms with Crippen molar-refractivity contribution >= 4 is 11.6 Å². The Labute approximate surface area is 183 Å². The average Bonchev–Trinajstić information content (AvgIpc) is 2.83. The van der Waals surface area contributed by atoms with Crippen LogP contribution in [0.15, 0.2) is 53.6 Å². The lowest BCUT2D eigenvalue weighted by Crippen LogP contribution is -2.46. The van der Waals surface area contributed by atoms with Crippen LogP contribution in [0, 0.1) is 11.8 Å². The van der Waals surface area contributed by atoms with Crippen LogP contribution in [0.25, 0.3) is 0 Å². The molecule has 0 saturated heterocycles. The summed E-state index contributed by atoms with van der Waals surface area (Å²) in [7, 11) is 3.26. The number of benzene rings is 2. The summed E-state index contributed by atoms with van der Waals surface area (Å²) < 4.78 is 16.7. The molecule has 6 heteroatoms. The van der Waals surface area contributed by atoms with Crippen molar-refractivity contribution in [2.75, 3.05) is 27.4 Å². The zero-order chi connectivity index (χ0) is 21.6. The summed E-state index contributed by atoms with van der Waals surface area (Å²) in [5.41, 5.74) is 1.97. The highest BCUT2D eigenvalue weighted by Gasteiger charge is 2.41. The summed E-state index contributed by atoms with van der Waals surface area (Å²) in [6, 6.07) is 15.6. The fourth-order valence-electron chi connectivity index (χ4n) is 4.55. The molecule has 1 aliphatic carbocycles. The molecule has 0 unspecified atom stereocenters. The first-order valence-electron chi connectivity index (χ1n) is 11.0. The number of hydrazone groups is 1. The Hall–Kier alpha value is -3.02. The second kappa shape index (κ2) is 9.86. The van der Waals surface area contributed by atoms with Crippen LogP contribution in [-0.4, -0.2) is 44.0 Å². The number of rotatable bonds is 8. The monoisotopic (exact) mass is 422 g/mol. The van der Waals surface area contributed by atoms with Gasteiger partial charge in [-0.1, -0.05) is 31.0 Å². The van der Waals surface area contributed by atoms with E-state index in [0.717, 1.165) is 49.1 Å². The summed E-state index contributed by atoms with van der Waals surface area (Å²) in [6.45, 7) is 1.09. The average molecular weight is 423 g/mol. The maximum Gasteiger partial charge on any atom is 0.246 e. The first kappa shape index (κ1) is 21.2. The van der Waals surface area contributed by atoms with Gasteiger partial charge in [0.25, 0.3) is 0 Å². The lowest BCUT2D eigenvalue weighted by molar-refractivity contribution is -0.139. The number of nitrogens with zero attached hydrogens (tertiary/aromatic N) is 2. The summed E-state index contributed by atoms with van der Waals surface area (Å²) in [5.74, 6) is 2.52. The largest absolute Gasteiger partial charge is 0.494 e. The van der Waals surface area contributed by atoms with Crippen molar-refractivity contribution in [2.24, 2.45) is 16.9 Å². The number of methoxy groups -OCH3 is 2. The smallest absolute Gasteiger partial charge is 0.246 e. The van der Waals surface area contributed by atoms with Crippen LogP contribution in [0.3, 0.4) is 0 Å². The van der Waals surface area contributed by atoms with E-state index in [-0.39, 0.29) is 17.7 Å². The van der Waals surface area contributed by atoms with E-state index in [4.69, 9.17) is 19.3 Å². The molecule has 1 saturated carbocycles. The van der Waals surface area contributed by atoms with Crippen LogP contribution in [-0.2, 0) is 4.79 Å².